The van der Waals surface area contributed by atoms with Gasteiger partial charge in [-0.2, -0.15) is 22.3 Å². The van der Waals surface area contributed by atoms with Crippen molar-refractivity contribution in [3.05, 3.63) is 58.7 Å². The van der Waals surface area contributed by atoms with Crippen LogP contribution in [0.3, 0.4) is 0 Å². The molecule has 4 atom stereocenters. The maximum atomic E-state index is 14.0. The third-order valence-electron chi connectivity index (χ3n) is 5.78. The average molecular weight is 475 g/mol. The first-order chi connectivity index (χ1) is 15.2. The Labute approximate surface area is 182 Å². The van der Waals surface area contributed by atoms with Crippen molar-refractivity contribution in [3.8, 4) is 5.75 Å². The molecule has 13 heteroatoms. The number of pyridine rings is 1. The maximum Gasteiger partial charge on any atom is 0.417 e. The number of phenolic OH excluding ortho intramolecular Hbond substituents is 1. The van der Waals surface area contributed by atoms with Crippen LogP contribution >= 0.6 is 0 Å². The van der Waals surface area contributed by atoms with Crippen molar-refractivity contribution in [2.24, 2.45) is 16.6 Å². The quantitative estimate of drug-likeness (QED) is 0.464. The number of primary amides is 1. The summed E-state index contributed by atoms with van der Waals surface area (Å²) >= 11 is 0. The van der Waals surface area contributed by atoms with Gasteiger partial charge in [-0.15, -0.1) is 0 Å². The summed E-state index contributed by atoms with van der Waals surface area (Å²) in [5.41, 5.74) is 1.25. The Morgan fingerprint density at radius 3 is 2.45 bits per heavy atom. The second kappa shape index (κ2) is 8.14. The molecular formula is C20H18F5N3O5. The van der Waals surface area contributed by atoms with E-state index in [2.05, 4.69) is 4.99 Å². The molecule has 1 aliphatic heterocycles. The van der Waals surface area contributed by atoms with Gasteiger partial charge in [-0.1, -0.05) is 13.0 Å². The molecule has 0 bridgehead atoms. The lowest BCUT2D eigenvalue weighted by Gasteiger charge is -2.31. The number of rotatable bonds is 3. The number of amides is 2. The zero-order chi connectivity index (χ0) is 24.9. The third kappa shape index (κ3) is 4.03. The van der Waals surface area contributed by atoms with E-state index in [0.29, 0.717) is 17.7 Å². The summed E-state index contributed by atoms with van der Waals surface area (Å²) in [6, 6.07) is 3.44. The highest BCUT2D eigenvalue weighted by Crippen LogP contribution is 2.54. The first-order valence-electron chi connectivity index (χ1n) is 9.40. The van der Waals surface area contributed by atoms with Gasteiger partial charge < -0.3 is 20.8 Å². The number of phenols is 1. The molecule has 178 valence electrons. The van der Waals surface area contributed by atoms with Crippen molar-refractivity contribution >= 4 is 11.8 Å². The summed E-state index contributed by atoms with van der Waals surface area (Å²) in [6.07, 6.45) is -6.01. The number of nitrogens with two attached hydrogens (primary N) is 1. The van der Waals surface area contributed by atoms with Crippen molar-refractivity contribution in [1.29, 1.82) is 0 Å². The van der Waals surface area contributed by atoms with Crippen molar-refractivity contribution in [1.82, 2.24) is 4.73 Å². The van der Waals surface area contributed by atoms with Gasteiger partial charge in [0.15, 0.2) is 17.2 Å². The zero-order valence-corrected chi connectivity index (χ0v) is 17.1. The molecule has 0 radical (unpaired) electrons. The number of carbonyl (C=O) groups excluding carboxylic acids is 2. The highest BCUT2D eigenvalue weighted by Gasteiger charge is 2.65. The molecule has 1 aliphatic rings. The van der Waals surface area contributed by atoms with Gasteiger partial charge in [-0.05, 0) is 25.1 Å². The Bertz CT molecular complexity index is 1200. The van der Waals surface area contributed by atoms with Crippen LogP contribution in [0.2, 0.25) is 0 Å². The zero-order valence-electron chi connectivity index (χ0n) is 17.1. The number of aromatic hydroxyl groups is 1. The SMILES string of the molecule is C[C@@H]1[C@H](c2ccc(F)c(F)c2O)[C@@H](C(=O)N=c2ccn(O)c(C(N)=O)c2)O[C@@]1(C)C(F)(F)F. The Morgan fingerprint density at radius 1 is 1.24 bits per heavy atom. The minimum absolute atomic E-state index is 0.246. The van der Waals surface area contributed by atoms with E-state index < -0.39 is 70.2 Å². The van der Waals surface area contributed by atoms with Crippen LogP contribution in [0.25, 0.3) is 0 Å². The minimum Gasteiger partial charge on any atom is -0.505 e. The maximum absolute atomic E-state index is 14.0. The van der Waals surface area contributed by atoms with Crippen LogP contribution in [0.4, 0.5) is 22.0 Å². The fraction of sp³-hybridized carbons (Fsp3) is 0.350. The van der Waals surface area contributed by atoms with Crippen LogP contribution in [-0.4, -0.2) is 44.7 Å². The van der Waals surface area contributed by atoms with E-state index in [9.17, 15) is 41.9 Å². The number of carbonyl (C=O) groups is 2. The average Bonchev–Trinajstić information content (AvgIpc) is 3.00. The van der Waals surface area contributed by atoms with Gasteiger partial charge >= 0.3 is 6.18 Å². The molecule has 1 fully saturated rings. The molecule has 2 heterocycles. The monoisotopic (exact) mass is 475 g/mol. The van der Waals surface area contributed by atoms with E-state index in [4.69, 9.17) is 10.5 Å². The van der Waals surface area contributed by atoms with Gasteiger partial charge in [0.25, 0.3) is 11.8 Å². The number of nitrogens with zero attached hydrogens (tertiary/aromatic N) is 2. The molecule has 3 rings (SSSR count). The number of hydrogen-bond donors (Lipinski definition) is 3. The van der Waals surface area contributed by atoms with Crippen molar-refractivity contribution in [3.63, 3.8) is 0 Å². The van der Waals surface area contributed by atoms with Crippen LogP contribution < -0.4 is 11.1 Å². The highest BCUT2D eigenvalue weighted by molar-refractivity contribution is 5.91. The number of aromatic nitrogens is 1. The van der Waals surface area contributed by atoms with Crippen LogP contribution in [0.1, 0.15) is 35.8 Å². The second-order valence-corrected chi connectivity index (χ2v) is 7.69. The summed E-state index contributed by atoms with van der Waals surface area (Å²) in [5.74, 6) is -9.81. The van der Waals surface area contributed by atoms with Crippen LogP contribution in [0, 0.1) is 17.6 Å². The Morgan fingerprint density at radius 2 is 1.88 bits per heavy atom. The van der Waals surface area contributed by atoms with Crippen LogP contribution in [0.5, 0.6) is 5.75 Å². The fourth-order valence-corrected chi connectivity index (χ4v) is 3.76. The van der Waals surface area contributed by atoms with Gasteiger partial charge in [-0.25, -0.2) is 9.38 Å². The molecular weight excluding hydrogens is 457 g/mol. The molecule has 2 amide bonds. The first-order valence-corrected chi connectivity index (χ1v) is 9.40. The van der Waals surface area contributed by atoms with E-state index in [1.165, 1.54) is 0 Å². The molecule has 33 heavy (non-hydrogen) atoms. The van der Waals surface area contributed by atoms with Gasteiger partial charge in [0.05, 0.1) is 5.36 Å². The normalized spacial score (nSPS) is 25.9. The molecule has 2 aromatic rings. The second-order valence-electron chi connectivity index (χ2n) is 7.69. The minimum atomic E-state index is -4.97. The summed E-state index contributed by atoms with van der Waals surface area (Å²) < 4.78 is 74.4. The Kier molecular flexibility index (Phi) is 5.96. The molecule has 0 unspecified atom stereocenters. The summed E-state index contributed by atoms with van der Waals surface area (Å²) in [7, 11) is 0. The topological polar surface area (TPSA) is 127 Å². The lowest BCUT2D eigenvalue weighted by Crippen LogP contribution is -2.47. The van der Waals surface area contributed by atoms with E-state index >= 15 is 0 Å². The predicted octanol–water partition coefficient (Wildman–Crippen LogP) is 2.38. The Balaban J connectivity index is 2.15. The molecule has 4 N–H and O–H groups in total. The molecule has 0 spiro atoms. The number of benzene rings is 1. The van der Waals surface area contributed by atoms with Crippen LogP contribution in [0.15, 0.2) is 35.5 Å². The first kappa shape index (κ1) is 24.2. The molecule has 1 aromatic carbocycles. The molecule has 0 saturated carbocycles. The van der Waals surface area contributed by atoms with Crippen LogP contribution in [-0.2, 0) is 9.53 Å². The number of alkyl halides is 3. The molecule has 8 nitrogen and oxygen atoms in total. The predicted molar refractivity (Wildman–Crippen MR) is 100.0 cm³/mol. The summed E-state index contributed by atoms with van der Waals surface area (Å²) in [6.45, 7) is 1.78. The number of ether oxygens (including phenoxy) is 1. The van der Waals surface area contributed by atoms with Crippen molar-refractivity contribution in [2.45, 2.75) is 37.6 Å². The van der Waals surface area contributed by atoms with E-state index in [1.807, 2.05) is 0 Å². The lowest BCUT2D eigenvalue weighted by molar-refractivity contribution is -0.272. The number of halogens is 5. The van der Waals surface area contributed by atoms with E-state index in [0.717, 1.165) is 31.3 Å². The Hall–Kier alpha value is -3.48. The van der Waals surface area contributed by atoms with E-state index in [1.54, 1.807) is 0 Å². The summed E-state index contributed by atoms with van der Waals surface area (Å²) in [5, 5.41) is 19.4. The number of hydrogen-bond acceptors (Lipinski definition) is 5. The van der Waals surface area contributed by atoms with E-state index in [-0.39, 0.29) is 5.36 Å². The largest absolute Gasteiger partial charge is 0.505 e. The lowest BCUT2D eigenvalue weighted by atomic mass is 9.77. The van der Waals surface area contributed by atoms with Gasteiger partial charge in [0, 0.05) is 23.6 Å². The third-order valence-corrected chi connectivity index (χ3v) is 5.78. The standard InChI is InChI=1S/C20H18F5N3O5/c1-8-13(10-3-4-11(21)14(22)15(10)29)16(33-19(8,2)20(23,24)25)18(31)27-9-5-6-28(32)12(7-9)17(26)30/h3-8,13,16,29,32H,1-2H3,(H2,26,30)/t8-,13-,16+,19-/m1/s1. The molecule has 1 aromatic heterocycles. The molecule has 1 saturated heterocycles. The summed E-state index contributed by atoms with van der Waals surface area (Å²) in [4.78, 5) is 27.9. The fourth-order valence-electron chi connectivity index (χ4n) is 3.76. The highest BCUT2D eigenvalue weighted by atomic mass is 19.4. The van der Waals surface area contributed by atoms with Gasteiger partial charge in [0.1, 0.15) is 11.8 Å². The van der Waals surface area contributed by atoms with Crippen molar-refractivity contribution in [2.75, 3.05) is 0 Å². The van der Waals surface area contributed by atoms with Gasteiger partial charge in [0.2, 0.25) is 5.82 Å². The smallest absolute Gasteiger partial charge is 0.417 e. The molecule has 0 aliphatic carbocycles. The van der Waals surface area contributed by atoms with Crippen molar-refractivity contribution < 1.29 is 46.6 Å². The van der Waals surface area contributed by atoms with Gasteiger partial charge in [-0.3, -0.25) is 9.59 Å².